The minimum atomic E-state index is 0.705. The Morgan fingerprint density at radius 3 is 2.33 bits per heavy atom. The van der Waals surface area contributed by atoms with E-state index in [0.29, 0.717) is 10.0 Å². The smallest absolute Gasteiger partial charge is 0.0424 e. The van der Waals surface area contributed by atoms with Crippen molar-refractivity contribution in [1.82, 2.24) is 5.32 Å². The topological polar surface area (TPSA) is 12.0 Å². The summed E-state index contributed by atoms with van der Waals surface area (Å²) in [6.07, 6.45) is 7.39. The first kappa shape index (κ1) is 16.2. The molecule has 0 radical (unpaired) electrons. The van der Waals surface area contributed by atoms with Gasteiger partial charge in [-0.1, -0.05) is 36.0 Å². The first-order valence-corrected chi connectivity index (χ1v) is 8.52. The Morgan fingerprint density at radius 2 is 1.67 bits per heavy atom. The molecule has 0 aliphatic heterocycles. The Labute approximate surface area is 125 Å². The van der Waals surface area contributed by atoms with Crippen LogP contribution in [0.3, 0.4) is 0 Å². The molecular weight excluding hydrogens is 285 g/mol. The predicted octanol–water partition coefficient (Wildman–Crippen LogP) is 5.01. The summed E-state index contributed by atoms with van der Waals surface area (Å²) in [4.78, 5) is 0. The molecule has 0 bridgehead atoms. The SMILES string of the molecule is CSCCCCCCNCc1cc(Cl)cc(Cl)c1. The molecule has 18 heavy (non-hydrogen) atoms. The van der Waals surface area contributed by atoms with Gasteiger partial charge in [0.1, 0.15) is 0 Å². The second-order valence-electron chi connectivity index (χ2n) is 4.36. The monoisotopic (exact) mass is 305 g/mol. The normalized spacial score (nSPS) is 10.8. The molecule has 4 heteroatoms. The third kappa shape index (κ3) is 7.52. The summed E-state index contributed by atoms with van der Waals surface area (Å²) >= 11 is 13.8. The molecule has 1 aromatic rings. The average molecular weight is 306 g/mol. The zero-order valence-corrected chi connectivity index (χ0v) is 13.2. The van der Waals surface area contributed by atoms with Crippen LogP contribution in [0.1, 0.15) is 31.2 Å². The fraction of sp³-hybridized carbons (Fsp3) is 0.571. The van der Waals surface area contributed by atoms with Crippen molar-refractivity contribution in [3.05, 3.63) is 33.8 Å². The molecule has 0 fully saturated rings. The molecule has 0 heterocycles. The highest BCUT2D eigenvalue weighted by Gasteiger charge is 1.98. The zero-order valence-electron chi connectivity index (χ0n) is 10.8. The Bertz CT molecular complexity index is 324. The van der Waals surface area contributed by atoms with E-state index in [1.807, 2.05) is 23.9 Å². The van der Waals surface area contributed by atoms with Gasteiger partial charge in [0.05, 0.1) is 0 Å². The summed E-state index contributed by atoms with van der Waals surface area (Å²) in [5.74, 6) is 1.29. The van der Waals surface area contributed by atoms with Crippen LogP contribution >= 0.6 is 35.0 Å². The first-order chi connectivity index (χ1) is 8.72. The van der Waals surface area contributed by atoms with Gasteiger partial charge >= 0.3 is 0 Å². The highest BCUT2D eigenvalue weighted by molar-refractivity contribution is 7.98. The van der Waals surface area contributed by atoms with E-state index in [1.165, 1.54) is 31.4 Å². The first-order valence-electron chi connectivity index (χ1n) is 6.37. The van der Waals surface area contributed by atoms with E-state index < -0.39 is 0 Å². The number of thioether (sulfide) groups is 1. The van der Waals surface area contributed by atoms with Crippen molar-refractivity contribution >= 4 is 35.0 Å². The van der Waals surface area contributed by atoms with E-state index in [1.54, 1.807) is 6.07 Å². The van der Waals surface area contributed by atoms with Crippen LogP contribution in [0.2, 0.25) is 10.0 Å². The van der Waals surface area contributed by atoms with Crippen molar-refractivity contribution < 1.29 is 0 Å². The van der Waals surface area contributed by atoms with E-state index in [9.17, 15) is 0 Å². The van der Waals surface area contributed by atoms with Crippen molar-refractivity contribution in [1.29, 1.82) is 0 Å². The molecule has 1 aromatic carbocycles. The molecule has 1 nitrogen and oxygen atoms in total. The van der Waals surface area contributed by atoms with Crippen molar-refractivity contribution in [2.75, 3.05) is 18.6 Å². The van der Waals surface area contributed by atoms with Gasteiger partial charge in [0.2, 0.25) is 0 Å². The van der Waals surface area contributed by atoms with Crippen LogP contribution in [0.15, 0.2) is 18.2 Å². The van der Waals surface area contributed by atoms with Crippen molar-refractivity contribution in [3.8, 4) is 0 Å². The molecule has 0 aliphatic rings. The summed E-state index contributed by atoms with van der Waals surface area (Å²) in [5, 5.41) is 4.83. The fourth-order valence-electron chi connectivity index (χ4n) is 1.80. The minimum Gasteiger partial charge on any atom is -0.313 e. The Balaban J connectivity index is 2.07. The van der Waals surface area contributed by atoms with Crippen molar-refractivity contribution in [2.24, 2.45) is 0 Å². The lowest BCUT2D eigenvalue weighted by molar-refractivity contribution is 0.599. The molecule has 0 aromatic heterocycles. The Morgan fingerprint density at radius 1 is 1.00 bits per heavy atom. The number of nitrogens with one attached hydrogen (secondary N) is 1. The number of rotatable bonds is 9. The van der Waals surface area contributed by atoms with Gasteiger partial charge in [0, 0.05) is 16.6 Å². The molecule has 0 saturated carbocycles. The van der Waals surface area contributed by atoms with Crippen LogP contribution in [-0.2, 0) is 6.54 Å². The lowest BCUT2D eigenvalue weighted by Crippen LogP contribution is -2.14. The van der Waals surface area contributed by atoms with E-state index in [-0.39, 0.29) is 0 Å². The molecule has 0 aliphatic carbocycles. The summed E-state index contributed by atoms with van der Waals surface area (Å²) in [5.41, 5.74) is 1.15. The third-order valence-corrected chi connectivity index (χ3v) is 3.84. The van der Waals surface area contributed by atoms with Crippen LogP contribution in [0.4, 0.5) is 0 Å². The number of hydrogen-bond acceptors (Lipinski definition) is 2. The largest absolute Gasteiger partial charge is 0.313 e. The van der Waals surface area contributed by atoms with E-state index in [4.69, 9.17) is 23.2 Å². The molecular formula is C14H21Cl2NS. The summed E-state index contributed by atoms with van der Waals surface area (Å²) in [6, 6.07) is 5.68. The number of benzene rings is 1. The lowest BCUT2D eigenvalue weighted by Gasteiger charge is -2.06. The maximum Gasteiger partial charge on any atom is 0.0424 e. The highest BCUT2D eigenvalue weighted by atomic mass is 35.5. The fourth-order valence-corrected chi connectivity index (χ4v) is 2.86. The highest BCUT2D eigenvalue weighted by Crippen LogP contribution is 2.18. The van der Waals surface area contributed by atoms with Crippen LogP contribution in [0.25, 0.3) is 0 Å². The molecule has 0 saturated heterocycles. The second-order valence-corrected chi connectivity index (χ2v) is 6.22. The van der Waals surface area contributed by atoms with Gasteiger partial charge in [0.25, 0.3) is 0 Å². The van der Waals surface area contributed by atoms with Gasteiger partial charge in [-0.05, 0) is 55.2 Å². The molecule has 0 unspecified atom stereocenters. The summed E-state index contributed by atoms with van der Waals surface area (Å²) in [7, 11) is 0. The van der Waals surface area contributed by atoms with Gasteiger partial charge in [0.15, 0.2) is 0 Å². The van der Waals surface area contributed by atoms with E-state index in [0.717, 1.165) is 18.7 Å². The van der Waals surface area contributed by atoms with Gasteiger partial charge in [-0.3, -0.25) is 0 Å². The predicted molar refractivity (Wildman–Crippen MR) is 85.0 cm³/mol. The maximum absolute atomic E-state index is 5.95. The third-order valence-electron chi connectivity index (χ3n) is 2.70. The molecule has 1 rings (SSSR count). The van der Waals surface area contributed by atoms with Crippen LogP contribution in [0, 0.1) is 0 Å². The number of hydrogen-bond donors (Lipinski definition) is 1. The number of halogens is 2. The molecule has 0 spiro atoms. The quantitative estimate of drug-likeness (QED) is 0.644. The van der Waals surface area contributed by atoms with Crippen molar-refractivity contribution in [3.63, 3.8) is 0 Å². The second kappa shape index (κ2) is 9.96. The van der Waals surface area contributed by atoms with Crippen LogP contribution in [-0.4, -0.2) is 18.6 Å². The molecule has 0 amide bonds. The van der Waals surface area contributed by atoms with Gasteiger partial charge in [-0.15, -0.1) is 0 Å². The van der Waals surface area contributed by atoms with E-state index in [2.05, 4.69) is 11.6 Å². The van der Waals surface area contributed by atoms with Crippen LogP contribution in [0.5, 0.6) is 0 Å². The maximum atomic E-state index is 5.95. The molecule has 0 atom stereocenters. The molecule has 102 valence electrons. The van der Waals surface area contributed by atoms with Gasteiger partial charge in [-0.25, -0.2) is 0 Å². The standard InChI is InChI=1S/C14H21Cl2NS/c1-18-7-5-3-2-4-6-17-11-12-8-13(15)10-14(16)9-12/h8-10,17H,2-7,11H2,1H3. The minimum absolute atomic E-state index is 0.705. The van der Waals surface area contributed by atoms with E-state index >= 15 is 0 Å². The van der Waals surface area contributed by atoms with Gasteiger partial charge < -0.3 is 5.32 Å². The van der Waals surface area contributed by atoms with Gasteiger partial charge in [-0.2, -0.15) is 11.8 Å². The zero-order chi connectivity index (χ0) is 13.2. The van der Waals surface area contributed by atoms with Crippen LogP contribution < -0.4 is 5.32 Å². The Kier molecular flexibility index (Phi) is 8.95. The average Bonchev–Trinajstić information content (AvgIpc) is 2.31. The Hall–Kier alpha value is 0.110. The lowest BCUT2D eigenvalue weighted by atomic mass is 10.2. The number of unbranched alkanes of at least 4 members (excludes halogenated alkanes) is 3. The molecule has 1 N–H and O–H groups in total. The van der Waals surface area contributed by atoms with Crippen molar-refractivity contribution in [2.45, 2.75) is 32.2 Å². The summed E-state index contributed by atoms with van der Waals surface area (Å²) < 4.78 is 0. The summed E-state index contributed by atoms with van der Waals surface area (Å²) in [6.45, 7) is 1.90.